The molecule has 1 saturated heterocycles. The molecule has 162 valence electrons. The number of ether oxygens (including phenoxy) is 1. The Morgan fingerprint density at radius 2 is 2.00 bits per heavy atom. The third-order valence-corrected chi connectivity index (χ3v) is 5.25. The van der Waals surface area contributed by atoms with E-state index in [2.05, 4.69) is 35.3 Å². The molecule has 1 aliphatic heterocycles. The molecule has 10 nitrogen and oxygen atoms in total. The van der Waals surface area contributed by atoms with Crippen LogP contribution >= 0.6 is 0 Å². The van der Waals surface area contributed by atoms with Gasteiger partial charge in [-0.15, -0.1) is 0 Å². The van der Waals surface area contributed by atoms with Crippen molar-refractivity contribution < 1.29 is 9.26 Å². The first-order chi connectivity index (χ1) is 15.7. The number of aromatic nitrogens is 6. The number of nitrogens with one attached hydrogen (secondary N) is 1. The van der Waals surface area contributed by atoms with Gasteiger partial charge < -0.3 is 19.5 Å². The van der Waals surface area contributed by atoms with Crippen LogP contribution < -0.4 is 15.0 Å². The van der Waals surface area contributed by atoms with Gasteiger partial charge in [-0.3, -0.25) is 4.98 Å². The van der Waals surface area contributed by atoms with E-state index in [1.165, 1.54) is 6.33 Å². The maximum absolute atomic E-state index is 5.70. The van der Waals surface area contributed by atoms with Crippen LogP contribution in [0.4, 0.5) is 17.6 Å². The van der Waals surface area contributed by atoms with E-state index in [1.807, 2.05) is 37.3 Å². The molecule has 0 bridgehead atoms. The highest BCUT2D eigenvalue weighted by Crippen LogP contribution is 2.37. The maximum atomic E-state index is 5.70. The van der Waals surface area contributed by atoms with Gasteiger partial charge in [-0.25, -0.2) is 9.97 Å². The largest absolute Gasteiger partial charge is 0.481 e. The molecule has 1 fully saturated rings. The van der Waals surface area contributed by atoms with Crippen molar-refractivity contribution >= 4 is 17.6 Å². The Morgan fingerprint density at radius 1 is 1.06 bits per heavy atom. The van der Waals surface area contributed by atoms with Crippen molar-refractivity contribution in [1.29, 1.82) is 0 Å². The van der Waals surface area contributed by atoms with Crippen LogP contribution in [0.3, 0.4) is 0 Å². The van der Waals surface area contributed by atoms with Crippen molar-refractivity contribution in [2.24, 2.45) is 0 Å². The van der Waals surface area contributed by atoms with Crippen LogP contribution in [-0.4, -0.2) is 43.7 Å². The number of aryl methyl sites for hydroxylation is 1. The number of methoxy groups -OCH3 is 1. The zero-order valence-electron chi connectivity index (χ0n) is 17.8. The first-order valence-corrected chi connectivity index (χ1v) is 10.3. The predicted molar refractivity (Wildman–Crippen MR) is 118 cm³/mol. The summed E-state index contributed by atoms with van der Waals surface area (Å²) < 4.78 is 11.1. The molecule has 1 N–H and O–H groups in total. The van der Waals surface area contributed by atoms with Crippen LogP contribution in [0, 0.1) is 6.92 Å². The van der Waals surface area contributed by atoms with E-state index in [1.54, 1.807) is 19.4 Å². The summed E-state index contributed by atoms with van der Waals surface area (Å²) in [6.07, 6.45) is 5.14. The zero-order valence-corrected chi connectivity index (χ0v) is 17.8. The van der Waals surface area contributed by atoms with Gasteiger partial charge in [0, 0.05) is 36.6 Å². The van der Waals surface area contributed by atoms with Crippen molar-refractivity contribution in [3.63, 3.8) is 0 Å². The fraction of sp³-hybridized carbons (Fsp3) is 0.273. The predicted octanol–water partition coefficient (Wildman–Crippen LogP) is 3.72. The molecular weight excluding hydrogens is 408 g/mol. The van der Waals surface area contributed by atoms with Crippen LogP contribution in [0.1, 0.15) is 30.3 Å². The molecule has 0 aliphatic carbocycles. The van der Waals surface area contributed by atoms with E-state index >= 15 is 0 Å². The van der Waals surface area contributed by atoms with Gasteiger partial charge in [-0.2, -0.15) is 9.97 Å². The Bertz CT molecular complexity index is 1210. The number of pyridine rings is 1. The third kappa shape index (κ3) is 4.07. The number of hydrogen-bond donors (Lipinski definition) is 1. The molecule has 5 rings (SSSR count). The van der Waals surface area contributed by atoms with Crippen LogP contribution in [0.5, 0.6) is 5.88 Å². The minimum Gasteiger partial charge on any atom is -0.481 e. The van der Waals surface area contributed by atoms with Gasteiger partial charge in [0.1, 0.15) is 23.7 Å². The average molecular weight is 430 g/mol. The molecule has 32 heavy (non-hydrogen) atoms. The summed E-state index contributed by atoms with van der Waals surface area (Å²) in [6.45, 7) is 2.70. The smallest absolute Gasteiger partial charge is 0.231 e. The van der Waals surface area contributed by atoms with Crippen molar-refractivity contribution in [2.45, 2.75) is 25.8 Å². The van der Waals surface area contributed by atoms with E-state index in [0.29, 0.717) is 29.2 Å². The first kappa shape index (κ1) is 19.9. The summed E-state index contributed by atoms with van der Waals surface area (Å²) in [7, 11) is 1.59. The van der Waals surface area contributed by atoms with E-state index in [4.69, 9.17) is 14.2 Å². The van der Waals surface area contributed by atoms with Gasteiger partial charge in [0.2, 0.25) is 11.8 Å². The molecule has 4 aromatic heterocycles. The summed E-state index contributed by atoms with van der Waals surface area (Å²) >= 11 is 0. The lowest BCUT2D eigenvalue weighted by molar-refractivity contribution is 0.361. The van der Waals surface area contributed by atoms with Gasteiger partial charge in [0.15, 0.2) is 5.76 Å². The van der Waals surface area contributed by atoms with Crippen LogP contribution in [-0.2, 0) is 0 Å². The van der Waals surface area contributed by atoms with Crippen molar-refractivity contribution in [3.05, 3.63) is 60.4 Å². The lowest BCUT2D eigenvalue weighted by Crippen LogP contribution is -2.24. The molecule has 0 radical (unpaired) electrons. The fourth-order valence-electron chi connectivity index (χ4n) is 3.75. The fourth-order valence-corrected chi connectivity index (χ4v) is 3.75. The molecule has 1 unspecified atom stereocenters. The third-order valence-electron chi connectivity index (χ3n) is 5.25. The Labute approximate surface area is 184 Å². The Balaban J connectivity index is 1.44. The van der Waals surface area contributed by atoms with Crippen LogP contribution in [0.2, 0.25) is 0 Å². The summed E-state index contributed by atoms with van der Waals surface area (Å²) in [5.41, 5.74) is 2.34. The number of hydrogen-bond acceptors (Lipinski definition) is 10. The van der Waals surface area contributed by atoms with Crippen molar-refractivity contribution in [1.82, 2.24) is 30.1 Å². The van der Waals surface area contributed by atoms with E-state index < -0.39 is 0 Å². The highest BCUT2D eigenvalue weighted by molar-refractivity contribution is 5.57. The topological polar surface area (TPSA) is 115 Å². The van der Waals surface area contributed by atoms with Crippen LogP contribution in [0.15, 0.2) is 53.4 Å². The van der Waals surface area contributed by atoms with E-state index in [0.717, 1.165) is 36.5 Å². The van der Waals surface area contributed by atoms with Crippen molar-refractivity contribution in [3.8, 4) is 17.3 Å². The Morgan fingerprint density at radius 3 is 2.81 bits per heavy atom. The molecule has 0 amide bonds. The summed E-state index contributed by atoms with van der Waals surface area (Å²) in [6, 6.07) is 11.2. The second-order valence-corrected chi connectivity index (χ2v) is 7.45. The molecule has 5 heterocycles. The Hall–Kier alpha value is -4.08. The maximum Gasteiger partial charge on any atom is 0.231 e. The normalized spacial score (nSPS) is 15.7. The molecule has 1 aliphatic rings. The standard InChI is InChI=1S/C22H22N8O2/c1-14-10-19(25-13-24-14)26-20-12-21(31-2)28-22(27-20)30-9-5-7-17(30)18-11-16(29-32-18)15-6-3-4-8-23-15/h3-4,6,8,10-13,17H,5,7,9H2,1-2H3,(H,24,25,26,27,28). The molecular formula is C22H22N8O2. The first-order valence-electron chi connectivity index (χ1n) is 10.3. The number of rotatable bonds is 6. The lowest BCUT2D eigenvalue weighted by atomic mass is 10.1. The lowest BCUT2D eigenvalue weighted by Gasteiger charge is -2.23. The molecule has 10 heteroatoms. The molecule has 0 aromatic carbocycles. The second kappa shape index (κ2) is 8.58. The van der Waals surface area contributed by atoms with Crippen LogP contribution in [0.25, 0.3) is 11.4 Å². The quantitative estimate of drug-likeness (QED) is 0.485. The van der Waals surface area contributed by atoms with Gasteiger partial charge in [-0.05, 0) is 31.9 Å². The highest BCUT2D eigenvalue weighted by atomic mass is 16.5. The summed E-state index contributed by atoms with van der Waals surface area (Å²) in [5.74, 6) is 3.01. The molecule has 0 saturated carbocycles. The molecule has 1 atom stereocenters. The minimum atomic E-state index is -0.0267. The Kier molecular flexibility index (Phi) is 5.32. The number of nitrogens with zero attached hydrogens (tertiary/aromatic N) is 7. The van der Waals surface area contributed by atoms with E-state index in [-0.39, 0.29) is 6.04 Å². The monoisotopic (exact) mass is 430 g/mol. The number of anilines is 3. The summed E-state index contributed by atoms with van der Waals surface area (Å²) in [4.78, 5) is 24.1. The molecule has 4 aromatic rings. The SMILES string of the molecule is COc1cc(Nc2cc(C)ncn2)nc(N2CCCC2c2cc(-c3ccccn3)no2)n1. The van der Waals surface area contributed by atoms with Gasteiger partial charge in [-0.1, -0.05) is 11.2 Å². The van der Waals surface area contributed by atoms with Gasteiger partial charge >= 0.3 is 0 Å². The van der Waals surface area contributed by atoms with E-state index in [9.17, 15) is 0 Å². The second-order valence-electron chi connectivity index (χ2n) is 7.45. The minimum absolute atomic E-state index is 0.0267. The van der Waals surface area contributed by atoms with Gasteiger partial charge in [0.05, 0.1) is 18.8 Å². The summed E-state index contributed by atoms with van der Waals surface area (Å²) in [5, 5.41) is 7.43. The average Bonchev–Trinajstić information content (AvgIpc) is 3.49. The highest BCUT2D eigenvalue weighted by Gasteiger charge is 2.32. The van der Waals surface area contributed by atoms with Crippen molar-refractivity contribution in [2.75, 3.05) is 23.9 Å². The van der Waals surface area contributed by atoms with Gasteiger partial charge in [0.25, 0.3) is 0 Å². The molecule has 0 spiro atoms. The zero-order chi connectivity index (χ0) is 21.9.